The molecule has 1 N–H and O–H groups in total. The number of methoxy groups -OCH3 is 1. The van der Waals surface area contributed by atoms with E-state index >= 15 is 0 Å². The van der Waals surface area contributed by atoms with Crippen molar-refractivity contribution in [2.24, 2.45) is 0 Å². The Morgan fingerprint density at radius 3 is 2.48 bits per heavy atom. The van der Waals surface area contributed by atoms with Crippen LogP contribution >= 0.6 is 0 Å². The number of para-hydroxylation sites is 1. The van der Waals surface area contributed by atoms with E-state index in [0.717, 1.165) is 11.3 Å². The van der Waals surface area contributed by atoms with Gasteiger partial charge in [0.05, 0.1) is 12.0 Å². The zero-order valence-corrected chi connectivity index (χ0v) is 12.1. The van der Waals surface area contributed by atoms with E-state index in [1.807, 2.05) is 37.3 Å². The molecule has 21 heavy (non-hydrogen) atoms. The molecule has 0 saturated carbocycles. The molecular weight excluding hydrogens is 268 g/mol. The summed E-state index contributed by atoms with van der Waals surface area (Å²) in [7, 11) is 1.63. The SMILES string of the molecule is COc1ccc(CNC(C)c2ccccc2[N+](=O)[O-])cc1. The predicted octanol–water partition coefficient (Wildman–Crippen LogP) is 3.45. The molecule has 1 atom stereocenters. The topological polar surface area (TPSA) is 64.4 Å². The van der Waals surface area contributed by atoms with Crippen LogP contribution in [-0.2, 0) is 6.54 Å². The third kappa shape index (κ3) is 3.79. The van der Waals surface area contributed by atoms with E-state index < -0.39 is 0 Å². The molecule has 0 aliphatic carbocycles. The fourth-order valence-corrected chi connectivity index (χ4v) is 2.14. The van der Waals surface area contributed by atoms with Gasteiger partial charge in [-0.05, 0) is 24.6 Å². The molecule has 0 aromatic heterocycles. The molecule has 0 bridgehead atoms. The van der Waals surface area contributed by atoms with Gasteiger partial charge < -0.3 is 10.1 Å². The summed E-state index contributed by atoms with van der Waals surface area (Å²) in [6.07, 6.45) is 0. The number of nitrogens with one attached hydrogen (secondary N) is 1. The van der Waals surface area contributed by atoms with E-state index in [1.165, 1.54) is 6.07 Å². The fraction of sp³-hybridized carbons (Fsp3) is 0.250. The minimum atomic E-state index is -0.346. The summed E-state index contributed by atoms with van der Waals surface area (Å²) >= 11 is 0. The first kappa shape index (κ1) is 15.0. The van der Waals surface area contributed by atoms with Crippen LogP contribution in [0.25, 0.3) is 0 Å². The van der Waals surface area contributed by atoms with Crippen LogP contribution in [0.5, 0.6) is 5.75 Å². The van der Waals surface area contributed by atoms with E-state index in [-0.39, 0.29) is 16.7 Å². The normalized spacial score (nSPS) is 11.9. The lowest BCUT2D eigenvalue weighted by Crippen LogP contribution is -2.19. The molecule has 5 nitrogen and oxygen atoms in total. The van der Waals surface area contributed by atoms with Crippen molar-refractivity contribution >= 4 is 5.69 Å². The molecular formula is C16H18N2O3. The van der Waals surface area contributed by atoms with E-state index in [0.29, 0.717) is 12.1 Å². The Morgan fingerprint density at radius 1 is 1.19 bits per heavy atom. The van der Waals surface area contributed by atoms with E-state index in [9.17, 15) is 10.1 Å². The monoisotopic (exact) mass is 286 g/mol. The minimum absolute atomic E-state index is 0.103. The number of ether oxygens (including phenoxy) is 1. The van der Waals surface area contributed by atoms with E-state index in [4.69, 9.17) is 4.74 Å². The molecule has 1 unspecified atom stereocenters. The highest BCUT2D eigenvalue weighted by Crippen LogP contribution is 2.24. The molecule has 5 heteroatoms. The Labute approximate surface area is 123 Å². The Kier molecular flexibility index (Phi) is 4.90. The minimum Gasteiger partial charge on any atom is -0.497 e. The van der Waals surface area contributed by atoms with E-state index in [2.05, 4.69) is 5.32 Å². The summed E-state index contributed by atoms with van der Waals surface area (Å²) < 4.78 is 5.11. The zero-order valence-electron chi connectivity index (χ0n) is 12.1. The van der Waals surface area contributed by atoms with Crippen LogP contribution in [0.1, 0.15) is 24.1 Å². The Hall–Kier alpha value is -2.40. The second-order valence-electron chi connectivity index (χ2n) is 4.77. The molecule has 0 aliphatic heterocycles. The number of hydrogen-bond donors (Lipinski definition) is 1. The van der Waals surface area contributed by atoms with E-state index in [1.54, 1.807) is 19.2 Å². The lowest BCUT2D eigenvalue weighted by Gasteiger charge is -2.14. The van der Waals surface area contributed by atoms with Crippen molar-refractivity contribution < 1.29 is 9.66 Å². The van der Waals surface area contributed by atoms with Gasteiger partial charge in [0.2, 0.25) is 0 Å². The van der Waals surface area contributed by atoms with Crippen LogP contribution in [0.2, 0.25) is 0 Å². The highest BCUT2D eigenvalue weighted by Gasteiger charge is 2.17. The zero-order chi connectivity index (χ0) is 15.2. The smallest absolute Gasteiger partial charge is 0.274 e. The standard InChI is InChI=1S/C16H18N2O3/c1-12(15-5-3-4-6-16(15)18(19)20)17-11-13-7-9-14(21-2)10-8-13/h3-10,12,17H,11H2,1-2H3. The van der Waals surface area contributed by atoms with Crippen molar-refractivity contribution in [3.8, 4) is 5.75 Å². The molecule has 0 aliphatic rings. The maximum absolute atomic E-state index is 11.0. The maximum atomic E-state index is 11.0. The van der Waals surface area contributed by atoms with Gasteiger partial charge in [-0.25, -0.2) is 0 Å². The number of nitrogens with zero attached hydrogens (tertiary/aromatic N) is 1. The van der Waals surface area contributed by atoms with Gasteiger partial charge in [-0.15, -0.1) is 0 Å². The second-order valence-corrected chi connectivity index (χ2v) is 4.77. The third-order valence-electron chi connectivity index (χ3n) is 3.37. The third-order valence-corrected chi connectivity index (χ3v) is 3.37. The van der Waals surface area contributed by atoms with Crippen LogP contribution in [0, 0.1) is 10.1 Å². The highest BCUT2D eigenvalue weighted by molar-refractivity contribution is 5.41. The van der Waals surface area contributed by atoms with Crippen LogP contribution in [0.4, 0.5) is 5.69 Å². The Balaban J connectivity index is 2.04. The van der Waals surface area contributed by atoms with Crippen LogP contribution in [-0.4, -0.2) is 12.0 Å². The van der Waals surface area contributed by atoms with Crippen molar-refractivity contribution in [3.63, 3.8) is 0 Å². The second kappa shape index (κ2) is 6.85. The molecule has 2 rings (SSSR count). The number of rotatable bonds is 6. The molecule has 2 aromatic rings. The number of hydrogen-bond acceptors (Lipinski definition) is 4. The summed E-state index contributed by atoms with van der Waals surface area (Å²) in [5.74, 6) is 0.811. The highest BCUT2D eigenvalue weighted by atomic mass is 16.6. The molecule has 110 valence electrons. The van der Waals surface area contributed by atoms with Gasteiger partial charge in [-0.3, -0.25) is 10.1 Å². The largest absolute Gasteiger partial charge is 0.497 e. The van der Waals surface area contributed by atoms with Gasteiger partial charge in [0.25, 0.3) is 5.69 Å². The molecule has 0 spiro atoms. The van der Waals surface area contributed by atoms with Gasteiger partial charge in [0.15, 0.2) is 0 Å². The molecule has 0 amide bonds. The van der Waals surface area contributed by atoms with Gasteiger partial charge in [0.1, 0.15) is 5.75 Å². The summed E-state index contributed by atoms with van der Waals surface area (Å²) in [6, 6.07) is 14.4. The van der Waals surface area contributed by atoms with Crippen LogP contribution in [0.3, 0.4) is 0 Å². The number of nitro groups is 1. The maximum Gasteiger partial charge on any atom is 0.274 e. The van der Waals surface area contributed by atoms with Gasteiger partial charge >= 0.3 is 0 Å². The number of benzene rings is 2. The predicted molar refractivity (Wildman–Crippen MR) is 81.3 cm³/mol. The molecule has 0 radical (unpaired) electrons. The van der Waals surface area contributed by atoms with Crippen molar-refractivity contribution in [3.05, 3.63) is 69.8 Å². The van der Waals surface area contributed by atoms with Gasteiger partial charge in [-0.2, -0.15) is 0 Å². The first-order valence-corrected chi connectivity index (χ1v) is 6.71. The molecule has 2 aromatic carbocycles. The number of nitro benzene ring substituents is 1. The lowest BCUT2D eigenvalue weighted by atomic mass is 10.1. The quantitative estimate of drug-likeness (QED) is 0.652. The fourth-order valence-electron chi connectivity index (χ4n) is 2.14. The molecule has 0 fully saturated rings. The summed E-state index contributed by atoms with van der Waals surface area (Å²) in [5.41, 5.74) is 1.93. The van der Waals surface area contributed by atoms with Crippen molar-refractivity contribution in [2.75, 3.05) is 7.11 Å². The summed E-state index contributed by atoms with van der Waals surface area (Å²) in [4.78, 5) is 10.7. The first-order chi connectivity index (χ1) is 10.1. The van der Waals surface area contributed by atoms with Crippen molar-refractivity contribution in [1.29, 1.82) is 0 Å². The van der Waals surface area contributed by atoms with Crippen molar-refractivity contribution in [2.45, 2.75) is 19.5 Å². The Morgan fingerprint density at radius 2 is 1.86 bits per heavy atom. The van der Waals surface area contributed by atoms with Gasteiger partial charge in [0, 0.05) is 24.2 Å². The summed E-state index contributed by atoms with van der Waals surface area (Å²) in [6.45, 7) is 2.56. The van der Waals surface area contributed by atoms with Crippen LogP contribution in [0.15, 0.2) is 48.5 Å². The average molecular weight is 286 g/mol. The lowest BCUT2D eigenvalue weighted by molar-refractivity contribution is -0.385. The van der Waals surface area contributed by atoms with Crippen molar-refractivity contribution in [1.82, 2.24) is 5.32 Å². The first-order valence-electron chi connectivity index (χ1n) is 6.71. The summed E-state index contributed by atoms with van der Waals surface area (Å²) in [5, 5.41) is 14.3. The molecule has 0 heterocycles. The average Bonchev–Trinajstić information content (AvgIpc) is 2.53. The Bertz CT molecular complexity index is 611. The van der Waals surface area contributed by atoms with Crippen LogP contribution < -0.4 is 10.1 Å². The van der Waals surface area contributed by atoms with Gasteiger partial charge in [-0.1, -0.05) is 30.3 Å². The molecule has 0 saturated heterocycles.